The minimum absolute atomic E-state index is 0.278. The molecule has 2 heterocycles. The third-order valence-corrected chi connectivity index (χ3v) is 5.58. The first-order chi connectivity index (χ1) is 14.1. The molecule has 0 aromatic heterocycles. The van der Waals surface area contributed by atoms with Gasteiger partial charge in [-0.2, -0.15) is 0 Å². The summed E-state index contributed by atoms with van der Waals surface area (Å²) in [4.78, 5) is 4.72. The van der Waals surface area contributed by atoms with Crippen LogP contribution in [-0.4, -0.2) is 67.1 Å². The van der Waals surface area contributed by atoms with E-state index in [2.05, 4.69) is 21.9 Å². The predicted molar refractivity (Wildman–Crippen MR) is 112 cm³/mol. The number of β-amino-alcohol motifs (C(OH)–C–C–N with tert-alkyl or cyclic N) is 1. The fourth-order valence-corrected chi connectivity index (χ4v) is 3.97. The molecule has 6 nitrogen and oxygen atoms in total. The molecule has 0 radical (unpaired) electrons. The normalized spacial score (nSPS) is 18.0. The number of ether oxygens (including phenoxy) is 3. The first-order valence-corrected chi connectivity index (χ1v) is 10.3. The van der Waals surface area contributed by atoms with Crippen molar-refractivity contribution in [2.75, 3.05) is 46.1 Å². The largest absolute Gasteiger partial charge is 0.491 e. The van der Waals surface area contributed by atoms with Crippen LogP contribution in [0.5, 0.6) is 17.2 Å². The molecule has 2 aromatic carbocycles. The highest BCUT2D eigenvalue weighted by atomic mass is 35.5. The second kappa shape index (κ2) is 9.22. The topological polar surface area (TPSA) is 54.4 Å². The van der Waals surface area contributed by atoms with Crippen LogP contribution in [0.25, 0.3) is 0 Å². The SMILES string of the molecule is Cc1cc(Cl)ccc1OCC(O)CN1CCN(Cc2ccc3c(c2)OCO3)CC1. The minimum atomic E-state index is -0.523. The van der Waals surface area contributed by atoms with Crippen LogP contribution < -0.4 is 14.2 Å². The Morgan fingerprint density at radius 3 is 2.59 bits per heavy atom. The highest BCUT2D eigenvalue weighted by Crippen LogP contribution is 2.32. The van der Waals surface area contributed by atoms with Crippen LogP contribution >= 0.6 is 11.6 Å². The van der Waals surface area contributed by atoms with Gasteiger partial charge in [0.1, 0.15) is 18.5 Å². The fraction of sp³-hybridized carbons (Fsp3) is 0.455. The van der Waals surface area contributed by atoms with Gasteiger partial charge >= 0.3 is 0 Å². The van der Waals surface area contributed by atoms with E-state index in [-0.39, 0.29) is 6.61 Å². The number of hydrogen-bond donors (Lipinski definition) is 1. The number of piperazine rings is 1. The summed E-state index contributed by atoms with van der Waals surface area (Å²) in [5, 5.41) is 11.1. The van der Waals surface area contributed by atoms with Crippen molar-refractivity contribution < 1.29 is 19.3 Å². The van der Waals surface area contributed by atoms with E-state index in [1.54, 1.807) is 6.07 Å². The third-order valence-electron chi connectivity index (χ3n) is 5.35. The molecule has 0 amide bonds. The number of benzene rings is 2. The Kier molecular flexibility index (Phi) is 6.45. The number of halogens is 1. The summed E-state index contributed by atoms with van der Waals surface area (Å²) in [7, 11) is 0. The zero-order chi connectivity index (χ0) is 20.2. The van der Waals surface area contributed by atoms with Crippen LogP contribution in [0, 0.1) is 6.92 Å². The molecule has 1 fully saturated rings. The maximum absolute atomic E-state index is 10.4. The van der Waals surface area contributed by atoms with Gasteiger partial charge in [0.05, 0.1) is 0 Å². The van der Waals surface area contributed by atoms with Crippen LogP contribution in [0.15, 0.2) is 36.4 Å². The van der Waals surface area contributed by atoms with Crippen molar-refractivity contribution >= 4 is 11.6 Å². The Morgan fingerprint density at radius 2 is 1.79 bits per heavy atom. The van der Waals surface area contributed by atoms with E-state index in [1.807, 2.05) is 25.1 Å². The minimum Gasteiger partial charge on any atom is -0.491 e. The van der Waals surface area contributed by atoms with Gasteiger partial charge in [0, 0.05) is 44.3 Å². The van der Waals surface area contributed by atoms with Gasteiger partial charge in [-0.1, -0.05) is 17.7 Å². The summed E-state index contributed by atoms with van der Waals surface area (Å²) < 4.78 is 16.6. The molecule has 2 aliphatic heterocycles. The van der Waals surface area contributed by atoms with Gasteiger partial charge in [-0.25, -0.2) is 0 Å². The number of nitrogens with zero attached hydrogens (tertiary/aromatic N) is 2. The van der Waals surface area contributed by atoms with E-state index in [1.165, 1.54) is 5.56 Å². The Morgan fingerprint density at radius 1 is 1.03 bits per heavy atom. The molecule has 2 aliphatic rings. The molecule has 156 valence electrons. The first kappa shape index (κ1) is 20.3. The summed E-state index contributed by atoms with van der Waals surface area (Å²) in [6.45, 7) is 7.85. The number of rotatable bonds is 7. The highest BCUT2D eigenvalue weighted by Gasteiger charge is 2.21. The molecule has 0 spiro atoms. The van der Waals surface area contributed by atoms with Gasteiger partial charge in [-0.3, -0.25) is 9.80 Å². The van der Waals surface area contributed by atoms with Crippen molar-refractivity contribution in [1.82, 2.24) is 9.80 Å². The molecule has 1 atom stereocenters. The Hall–Kier alpha value is -1.99. The van der Waals surface area contributed by atoms with Crippen molar-refractivity contribution in [2.45, 2.75) is 19.6 Å². The molecular formula is C22H27ClN2O4. The summed E-state index contributed by atoms with van der Waals surface area (Å²) in [6, 6.07) is 11.7. The maximum Gasteiger partial charge on any atom is 0.231 e. The second-order valence-corrected chi connectivity index (χ2v) is 8.08. The number of aryl methyl sites for hydroxylation is 1. The van der Waals surface area contributed by atoms with Gasteiger partial charge in [-0.15, -0.1) is 0 Å². The number of aliphatic hydroxyl groups is 1. The number of aliphatic hydroxyl groups excluding tert-OH is 1. The van der Waals surface area contributed by atoms with Gasteiger partial charge in [0.25, 0.3) is 0 Å². The van der Waals surface area contributed by atoms with Crippen molar-refractivity contribution in [3.63, 3.8) is 0 Å². The van der Waals surface area contributed by atoms with Crippen molar-refractivity contribution in [3.05, 3.63) is 52.5 Å². The zero-order valence-electron chi connectivity index (χ0n) is 16.6. The fourth-order valence-electron chi connectivity index (χ4n) is 3.74. The molecule has 1 unspecified atom stereocenters. The Labute approximate surface area is 176 Å². The van der Waals surface area contributed by atoms with Gasteiger partial charge in [-0.05, 0) is 48.4 Å². The predicted octanol–water partition coefficient (Wildman–Crippen LogP) is 2.93. The van der Waals surface area contributed by atoms with Crippen molar-refractivity contribution in [2.24, 2.45) is 0 Å². The van der Waals surface area contributed by atoms with Crippen LogP contribution in [0.1, 0.15) is 11.1 Å². The zero-order valence-corrected chi connectivity index (χ0v) is 17.4. The average Bonchev–Trinajstić information content (AvgIpc) is 3.17. The molecule has 2 aromatic rings. The monoisotopic (exact) mass is 418 g/mol. The molecule has 0 bridgehead atoms. The molecule has 7 heteroatoms. The van der Waals surface area contributed by atoms with E-state index in [0.29, 0.717) is 18.4 Å². The lowest BCUT2D eigenvalue weighted by Crippen LogP contribution is -2.48. The van der Waals surface area contributed by atoms with Gasteiger partial charge in [0.2, 0.25) is 6.79 Å². The van der Waals surface area contributed by atoms with Crippen LogP contribution in [0.3, 0.4) is 0 Å². The Balaban J connectivity index is 1.19. The molecular weight excluding hydrogens is 392 g/mol. The quantitative estimate of drug-likeness (QED) is 0.746. The average molecular weight is 419 g/mol. The lowest BCUT2D eigenvalue weighted by Gasteiger charge is -2.35. The molecule has 1 saturated heterocycles. The summed E-state index contributed by atoms with van der Waals surface area (Å²) in [5.41, 5.74) is 2.20. The van der Waals surface area contributed by atoms with Crippen molar-refractivity contribution in [1.29, 1.82) is 0 Å². The molecule has 0 saturated carbocycles. The molecule has 29 heavy (non-hydrogen) atoms. The van der Waals surface area contributed by atoms with Crippen LogP contribution in [0.2, 0.25) is 5.02 Å². The first-order valence-electron chi connectivity index (χ1n) is 9.97. The van der Waals surface area contributed by atoms with E-state index in [9.17, 15) is 5.11 Å². The highest BCUT2D eigenvalue weighted by molar-refractivity contribution is 6.30. The lowest BCUT2D eigenvalue weighted by atomic mass is 10.1. The Bertz CT molecular complexity index is 840. The van der Waals surface area contributed by atoms with Gasteiger partial charge in [0.15, 0.2) is 11.5 Å². The second-order valence-electron chi connectivity index (χ2n) is 7.64. The number of hydrogen-bond acceptors (Lipinski definition) is 6. The smallest absolute Gasteiger partial charge is 0.231 e. The van der Waals surface area contributed by atoms with E-state index < -0.39 is 6.10 Å². The third kappa shape index (κ3) is 5.34. The van der Waals surface area contributed by atoms with E-state index in [4.69, 9.17) is 25.8 Å². The van der Waals surface area contributed by atoms with Crippen molar-refractivity contribution in [3.8, 4) is 17.2 Å². The number of fused-ring (bicyclic) bond motifs is 1. The van der Waals surface area contributed by atoms with E-state index >= 15 is 0 Å². The van der Waals surface area contributed by atoms with Crippen LogP contribution in [0.4, 0.5) is 0 Å². The molecule has 4 rings (SSSR count). The maximum atomic E-state index is 10.4. The molecule has 1 N–H and O–H groups in total. The standard InChI is InChI=1S/C22H27ClN2O4/c1-16-10-18(23)3-5-20(16)27-14-19(26)13-25-8-6-24(7-9-25)12-17-2-4-21-22(11-17)29-15-28-21/h2-5,10-11,19,26H,6-9,12-15H2,1H3. The van der Waals surface area contributed by atoms with Crippen LogP contribution in [-0.2, 0) is 6.54 Å². The summed E-state index contributed by atoms with van der Waals surface area (Å²) in [5.74, 6) is 2.42. The van der Waals surface area contributed by atoms with E-state index in [0.717, 1.165) is 55.5 Å². The summed E-state index contributed by atoms with van der Waals surface area (Å²) >= 11 is 5.97. The summed E-state index contributed by atoms with van der Waals surface area (Å²) in [6.07, 6.45) is -0.523. The molecule has 0 aliphatic carbocycles. The lowest BCUT2D eigenvalue weighted by molar-refractivity contribution is 0.0445. The van der Waals surface area contributed by atoms with Gasteiger partial charge < -0.3 is 19.3 Å².